The van der Waals surface area contributed by atoms with Crippen LogP contribution in [0.25, 0.3) is 0 Å². The van der Waals surface area contributed by atoms with E-state index in [0.29, 0.717) is 0 Å². The smallest absolute Gasteiger partial charge is 0.356 e. The number of hydrogen-bond acceptors (Lipinski definition) is 3. The van der Waals surface area contributed by atoms with Crippen LogP contribution in [0.2, 0.25) is 5.02 Å². The van der Waals surface area contributed by atoms with Gasteiger partial charge in [0, 0.05) is 0 Å². The van der Waals surface area contributed by atoms with Gasteiger partial charge in [0.2, 0.25) is 0 Å². The molecule has 0 aliphatic rings. The molecule has 0 bridgehead atoms. The van der Waals surface area contributed by atoms with Crippen molar-refractivity contribution >= 4 is 23.3 Å². The van der Waals surface area contributed by atoms with Crippen molar-refractivity contribution in [1.29, 1.82) is 0 Å². The standard InChI is InChI=1S/C7H5ClF2N2O2/c8-4-2(11)1-3(6(9)10)12-5(4)7(13)14/h1,6H,(H2,11,12)(H,13,14). The average molecular weight is 223 g/mol. The zero-order valence-electron chi connectivity index (χ0n) is 6.67. The Bertz CT molecular complexity index is 384. The summed E-state index contributed by atoms with van der Waals surface area (Å²) in [7, 11) is 0. The second-order valence-corrected chi connectivity index (χ2v) is 2.78. The van der Waals surface area contributed by atoms with Crippen molar-refractivity contribution in [3.8, 4) is 0 Å². The Morgan fingerprint density at radius 1 is 1.64 bits per heavy atom. The molecule has 0 aromatic carbocycles. The summed E-state index contributed by atoms with van der Waals surface area (Å²) in [4.78, 5) is 13.7. The third kappa shape index (κ3) is 1.90. The van der Waals surface area contributed by atoms with Gasteiger partial charge in [-0.3, -0.25) is 0 Å². The van der Waals surface area contributed by atoms with E-state index in [1.165, 1.54) is 0 Å². The Balaban J connectivity index is 3.35. The summed E-state index contributed by atoms with van der Waals surface area (Å²) in [5.41, 5.74) is 3.63. The zero-order chi connectivity index (χ0) is 10.9. The first-order valence-corrected chi connectivity index (χ1v) is 3.78. The molecule has 1 heterocycles. The van der Waals surface area contributed by atoms with Crippen LogP contribution >= 0.6 is 11.6 Å². The molecule has 0 saturated carbocycles. The van der Waals surface area contributed by atoms with Gasteiger partial charge in [-0.2, -0.15) is 0 Å². The number of nitrogen functional groups attached to an aromatic ring is 1. The molecule has 0 saturated heterocycles. The molecule has 0 radical (unpaired) electrons. The molecule has 1 aromatic heterocycles. The van der Waals surface area contributed by atoms with E-state index >= 15 is 0 Å². The summed E-state index contributed by atoms with van der Waals surface area (Å²) in [6, 6.07) is 0.847. The van der Waals surface area contributed by atoms with Crippen LogP contribution in [0, 0.1) is 0 Å². The summed E-state index contributed by atoms with van der Waals surface area (Å²) in [5.74, 6) is -1.50. The van der Waals surface area contributed by atoms with Crippen molar-refractivity contribution in [1.82, 2.24) is 4.98 Å². The minimum atomic E-state index is -2.88. The maximum Gasteiger partial charge on any atom is 0.356 e. The summed E-state index contributed by atoms with van der Waals surface area (Å²) in [6.07, 6.45) is -2.88. The Morgan fingerprint density at radius 2 is 2.21 bits per heavy atom. The van der Waals surface area contributed by atoms with Crippen LogP contribution < -0.4 is 5.73 Å². The van der Waals surface area contributed by atoms with Crippen LogP contribution in [0.3, 0.4) is 0 Å². The van der Waals surface area contributed by atoms with Gasteiger partial charge in [-0.15, -0.1) is 0 Å². The van der Waals surface area contributed by atoms with E-state index in [0.717, 1.165) is 6.07 Å². The fraction of sp³-hybridized carbons (Fsp3) is 0.143. The molecule has 0 amide bonds. The topological polar surface area (TPSA) is 76.2 Å². The third-order valence-corrected chi connectivity index (χ3v) is 1.83. The second kappa shape index (κ2) is 3.75. The number of aromatic nitrogens is 1. The first kappa shape index (κ1) is 10.6. The molecule has 14 heavy (non-hydrogen) atoms. The molecule has 0 aliphatic carbocycles. The Hall–Kier alpha value is -1.43. The van der Waals surface area contributed by atoms with E-state index in [2.05, 4.69) is 4.98 Å². The number of anilines is 1. The molecule has 7 heteroatoms. The van der Waals surface area contributed by atoms with E-state index in [9.17, 15) is 13.6 Å². The van der Waals surface area contributed by atoms with Gasteiger partial charge in [-0.25, -0.2) is 18.6 Å². The predicted octanol–water partition coefficient (Wildman–Crippen LogP) is 1.95. The minimum absolute atomic E-state index is 0.227. The van der Waals surface area contributed by atoms with Crippen molar-refractivity contribution in [2.75, 3.05) is 5.73 Å². The maximum atomic E-state index is 12.2. The van der Waals surface area contributed by atoms with Crippen LogP contribution in [0.4, 0.5) is 14.5 Å². The van der Waals surface area contributed by atoms with Gasteiger partial charge < -0.3 is 10.8 Å². The van der Waals surface area contributed by atoms with E-state index in [1.54, 1.807) is 0 Å². The van der Waals surface area contributed by atoms with Gasteiger partial charge in [-0.05, 0) is 6.07 Å². The Kier molecular flexibility index (Phi) is 2.85. The van der Waals surface area contributed by atoms with E-state index in [4.69, 9.17) is 22.4 Å². The highest BCUT2D eigenvalue weighted by atomic mass is 35.5. The minimum Gasteiger partial charge on any atom is -0.476 e. The van der Waals surface area contributed by atoms with Crippen LogP contribution in [0.15, 0.2) is 6.07 Å². The Labute approximate surface area is 82.3 Å². The highest BCUT2D eigenvalue weighted by molar-refractivity contribution is 6.35. The van der Waals surface area contributed by atoms with Crippen molar-refractivity contribution in [2.45, 2.75) is 6.43 Å². The fourth-order valence-corrected chi connectivity index (χ4v) is 1.00. The third-order valence-electron chi connectivity index (χ3n) is 1.43. The number of alkyl halides is 2. The van der Waals surface area contributed by atoms with E-state index in [-0.39, 0.29) is 10.7 Å². The molecule has 1 aromatic rings. The molecular weight excluding hydrogens is 218 g/mol. The molecule has 0 unspecified atom stereocenters. The van der Waals surface area contributed by atoms with Gasteiger partial charge in [-0.1, -0.05) is 11.6 Å². The molecular formula is C7H5ClF2N2O2. The number of carboxylic acids is 1. The van der Waals surface area contributed by atoms with Crippen LogP contribution in [-0.4, -0.2) is 16.1 Å². The van der Waals surface area contributed by atoms with E-state index < -0.39 is 23.8 Å². The number of rotatable bonds is 2. The SMILES string of the molecule is Nc1cc(C(F)F)nc(C(=O)O)c1Cl. The zero-order valence-corrected chi connectivity index (χ0v) is 7.42. The number of carboxylic acid groups (broad SMARTS) is 1. The predicted molar refractivity (Wildman–Crippen MR) is 45.6 cm³/mol. The van der Waals surface area contributed by atoms with Crippen molar-refractivity contribution < 1.29 is 18.7 Å². The lowest BCUT2D eigenvalue weighted by molar-refractivity contribution is 0.0689. The van der Waals surface area contributed by atoms with Gasteiger partial charge in [0.25, 0.3) is 6.43 Å². The number of halogens is 3. The van der Waals surface area contributed by atoms with Gasteiger partial charge in [0.15, 0.2) is 5.69 Å². The molecule has 0 fully saturated rings. The molecule has 0 atom stereocenters. The normalized spacial score (nSPS) is 10.6. The van der Waals surface area contributed by atoms with Crippen molar-refractivity contribution in [3.05, 3.63) is 22.5 Å². The van der Waals surface area contributed by atoms with Gasteiger partial charge in [0.1, 0.15) is 5.69 Å². The highest BCUT2D eigenvalue weighted by Crippen LogP contribution is 2.27. The highest BCUT2D eigenvalue weighted by Gasteiger charge is 2.18. The first-order valence-electron chi connectivity index (χ1n) is 3.41. The van der Waals surface area contributed by atoms with Crippen LogP contribution in [0.5, 0.6) is 0 Å². The number of carbonyl (C=O) groups is 1. The second-order valence-electron chi connectivity index (χ2n) is 2.40. The summed E-state index contributed by atoms with van der Waals surface area (Å²) in [6.45, 7) is 0. The number of hydrogen-bond donors (Lipinski definition) is 2. The average Bonchev–Trinajstić information content (AvgIpc) is 2.08. The summed E-state index contributed by atoms with van der Waals surface area (Å²) < 4.78 is 24.3. The lowest BCUT2D eigenvalue weighted by Crippen LogP contribution is -2.07. The summed E-state index contributed by atoms with van der Waals surface area (Å²) >= 11 is 5.45. The van der Waals surface area contributed by atoms with Gasteiger partial charge >= 0.3 is 5.97 Å². The van der Waals surface area contributed by atoms with Crippen LogP contribution in [-0.2, 0) is 0 Å². The molecule has 0 spiro atoms. The van der Waals surface area contributed by atoms with Gasteiger partial charge in [0.05, 0.1) is 10.7 Å². The fourth-order valence-electron chi connectivity index (χ4n) is 0.823. The van der Waals surface area contributed by atoms with Crippen molar-refractivity contribution in [2.24, 2.45) is 0 Å². The van der Waals surface area contributed by atoms with Crippen molar-refractivity contribution in [3.63, 3.8) is 0 Å². The molecule has 4 nitrogen and oxygen atoms in total. The largest absolute Gasteiger partial charge is 0.476 e. The molecule has 76 valence electrons. The first-order chi connectivity index (χ1) is 6.43. The monoisotopic (exact) mass is 222 g/mol. The maximum absolute atomic E-state index is 12.2. The quantitative estimate of drug-likeness (QED) is 0.802. The number of nitrogens with zero attached hydrogens (tertiary/aromatic N) is 1. The van der Waals surface area contributed by atoms with E-state index in [1.807, 2.05) is 0 Å². The molecule has 1 rings (SSSR count). The lowest BCUT2D eigenvalue weighted by Gasteiger charge is -2.05. The molecule has 0 aliphatic heterocycles. The molecule has 3 N–H and O–H groups in total. The number of aromatic carboxylic acids is 1. The lowest BCUT2D eigenvalue weighted by atomic mass is 10.2. The Morgan fingerprint density at radius 3 is 2.64 bits per heavy atom. The number of pyridine rings is 1. The summed E-state index contributed by atoms with van der Waals surface area (Å²) in [5, 5.41) is 8.22. The number of nitrogens with two attached hydrogens (primary N) is 1. The van der Waals surface area contributed by atoms with Crippen LogP contribution in [0.1, 0.15) is 22.6 Å².